The molecule has 0 nitrogen and oxygen atoms in total. The van der Waals surface area contributed by atoms with Gasteiger partial charge in [-0.15, -0.1) is 9.24 Å². The molecule has 0 spiro atoms. The van der Waals surface area contributed by atoms with Crippen LogP contribution in [-0.2, 0) is 0 Å². The van der Waals surface area contributed by atoms with Crippen LogP contribution in [0.25, 0.3) is 0 Å². The van der Waals surface area contributed by atoms with Gasteiger partial charge < -0.3 is 0 Å². The molecular formula is C10H17ClS. The maximum absolute atomic E-state index is 6.36. The van der Waals surface area contributed by atoms with Crippen molar-refractivity contribution < 1.29 is 0 Å². The van der Waals surface area contributed by atoms with Crippen molar-refractivity contribution in [2.45, 2.75) is 32.6 Å². The summed E-state index contributed by atoms with van der Waals surface area (Å²) in [4.78, 5) is 0. The van der Waals surface area contributed by atoms with Crippen molar-refractivity contribution in [2.24, 2.45) is 0 Å². The van der Waals surface area contributed by atoms with Gasteiger partial charge in [0.2, 0.25) is 0 Å². The van der Waals surface area contributed by atoms with Crippen molar-refractivity contribution in [1.29, 1.82) is 0 Å². The Labute approximate surface area is 81.5 Å². The normalized spacial score (nSPS) is 21.5. The Morgan fingerprint density at radius 3 is 2.33 bits per heavy atom. The first-order valence-corrected chi connectivity index (χ1v) is 7.38. The molecule has 70 valence electrons. The van der Waals surface area contributed by atoms with Crippen molar-refractivity contribution in [1.82, 2.24) is 0 Å². The van der Waals surface area contributed by atoms with E-state index in [0.29, 0.717) is 0 Å². The molecule has 0 radical (unpaired) electrons. The number of rotatable bonds is 5. The summed E-state index contributed by atoms with van der Waals surface area (Å²) in [6, 6.07) is 0. The zero-order valence-electron chi connectivity index (χ0n) is 7.63. The molecule has 0 aromatic heterocycles. The molecule has 0 bridgehead atoms. The third-order valence-electron chi connectivity index (χ3n) is 2.03. The number of allylic oxidation sites excluding steroid dienone is 2. The van der Waals surface area contributed by atoms with Crippen LogP contribution < -0.4 is 0 Å². The summed E-state index contributed by atoms with van der Waals surface area (Å²) in [7, 11) is 5.39. The largest absolute Gasteiger partial charge is 0.122 e. The molecule has 0 saturated heterocycles. The maximum Gasteiger partial charge on any atom is -0.00293 e. The Kier molecular flexibility index (Phi) is 4.24. The highest BCUT2D eigenvalue weighted by molar-refractivity contribution is 8.55. The van der Waals surface area contributed by atoms with Crippen LogP contribution in [0.2, 0.25) is 0 Å². The molecule has 1 aliphatic rings. The van der Waals surface area contributed by atoms with E-state index in [9.17, 15) is 0 Å². The SMILES string of the molecule is CCCCCCS1(Cl)C=CC=C1. The van der Waals surface area contributed by atoms with Crippen molar-refractivity contribution in [3.63, 3.8) is 0 Å². The van der Waals surface area contributed by atoms with Gasteiger partial charge in [-0.1, -0.05) is 49.0 Å². The van der Waals surface area contributed by atoms with Crippen LogP contribution in [0.4, 0.5) is 0 Å². The number of halogens is 1. The zero-order chi connectivity index (χ0) is 8.86. The number of unbranched alkanes of at least 4 members (excludes halogenated alkanes) is 3. The first kappa shape index (κ1) is 10.2. The molecule has 0 unspecified atom stereocenters. The van der Waals surface area contributed by atoms with Crippen LogP contribution >= 0.6 is 19.9 Å². The minimum Gasteiger partial charge on any atom is -0.122 e. The van der Waals surface area contributed by atoms with Gasteiger partial charge in [0, 0.05) is 0 Å². The Morgan fingerprint density at radius 1 is 1.08 bits per heavy atom. The van der Waals surface area contributed by atoms with Crippen LogP contribution in [0.5, 0.6) is 0 Å². The second kappa shape index (κ2) is 4.98. The Morgan fingerprint density at radius 2 is 1.75 bits per heavy atom. The third kappa shape index (κ3) is 3.24. The van der Waals surface area contributed by atoms with E-state index in [0.717, 1.165) is 0 Å². The molecule has 0 saturated carbocycles. The fourth-order valence-corrected chi connectivity index (χ4v) is 3.68. The molecule has 1 heterocycles. The van der Waals surface area contributed by atoms with Crippen LogP contribution in [0.15, 0.2) is 23.0 Å². The first-order chi connectivity index (χ1) is 5.77. The lowest BCUT2D eigenvalue weighted by molar-refractivity contribution is 0.706. The van der Waals surface area contributed by atoms with Gasteiger partial charge in [-0.05, 0) is 23.0 Å². The van der Waals surface area contributed by atoms with Crippen LogP contribution in [0.3, 0.4) is 0 Å². The predicted molar refractivity (Wildman–Crippen MR) is 60.7 cm³/mol. The van der Waals surface area contributed by atoms with E-state index < -0.39 is 9.24 Å². The van der Waals surface area contributed by atoms with E-state index >= 15 is 0 Å². The summed E-state index contributed by atoms with van der Waals surface area (Å²) in [5, 5.41) is 4.33. The average Bonchev–Trinajstić information content (AvgIpc) is 2.47. The minimum atomic E-state index is -0.973. The van der Waals surface area contributed by atoms with Crippen molar-refractivity contribution in [3.05, 3.63) is 23.0 Å². The highest BCUT2D eigenvalue weighted by Gasteiger charge is 2.15. The van der Waals surface area contributed by atoms with E-state index in [4.69, 9.17) is 10.7 Å². The summed E-state index contributed by atoms with van der Waals surface area (Å²) >= 11 is 0. The van der Waals surface area contributed by atoms with Gasteiger partial charge in [0.15, 0.2) is 0 Å². The van der Waals surface area contributed by atoms with E-state index in [-0.39, 0.29) is 0 Å². The molecule has 0 atom stereocenters. The monoisotopic (exact) mass is 204 g/mol. The van der Waals surface area contributed by atoms with Crippen LogP contribution in [-0.4, -0.2) is 5.75 Å². The summed E-state index contributed by atoms with van der Waals surface area (Å²) in [6.07, 6.45) is 9.40. The minimum absolute atomic E-state index is 0.973. The second-order valence-electron chi connectivity index (χ2n) is 3.18. The number of hydrogen-bond acceptors (Lipinski definition) is 0. The summed E-state index contributed by atoms with van der Waals surface area (Å²) < 4.78 is 0. The van der Waals surface area contributed by atoms with Gasteiger partial charge in [0.25, 0.3) is 0 Å². The quantitative estimate of drug-likeness (QED) is 0.576. The average molecular weight is 205 g/mol. The molecule has 0 aromatic rings. The topological polar surface area (TPSA) is 0 Å². The Balaban J connectivity index is 2.14. The second-order valence-corrected chi connectivity index (χ2v) is 7.37. The highest BCUT2D eigenvalue weighted by atomic mass is 35.7. The smallest absolute Gasteiger partial charge is 0.00293 e. The summed E-state index contributed by atoms with van der Waals surface area (Å²) in [5.74, 6) is 1.17. The molecule has 2 heteroatoms. The van der Waals surface area contributed by atoms with Crippen LogP contribution in [0.1, 0.15) is 32.6 Å². The first-order valence-electron chi connectivity index (χ1n) is 4.62. The molecule has 0 amide bonds. The van der Waals surface area contributed by atoms with Crippen molar-refractivity contribution in [2.75, 3.05) is 5.75 Å². The van der Waals surface area contributed by atoms with Crippen molar-refractivity contribution in [3.8, 4) is 0 Å². The molecule has 1 aliphatic heterocycles. The molecule has 1 rings (SSSR count). The molecular weight excluding hydrogens is 188 g/mol. The molecule has 0 N–H and O–H groups in total. The van der Waals surface area contributed by atoms with E-state index in [1.54, 1.807) is 0 Å². The number of hydrogen-bond donors (Lipinski definition) is 0. The summed E-state index contributed by atoms with van der Waals surface area (Å²) in [5.41, 5.74) is 0. The van der Waals surface area contributed by atoms with Gasteiger partial charge in [-0.2, -0.15) is 0 Å². The van der Waals surface area contributed by atoms with E-state index in [2.05, 4.69) is 29.9 Å². The van der Waals surface area contributed by atoms with Crippen molar-refractivity contribution >= 4 is 19.9 Å². The molecule has 12 heavy (non-hydrogen) atoms. The lowest BCUT2D eigenvalue weighted by Gasteiger charge is -2.21. The van der Waals surface area contributed by atoms with Gasteiger partial charge in [-0.3, -0.25) is 0 Å². The molecule has 0 aromatic carbocycles. The van der Waals surface area contributed by atoms with E-state index in [1.807, 2.05) is 0 Å². The van der Waals surface area contributed by atoms with Gasteiger partial charge in [0.05, 0.1) is 0 Å². The zero-order valence-corrected chi connectivity index (χ0v) is 9.20. The Hall–Kier alpha value is 0.120. The predicted octanol–water partition coefficient (Wildman–Crippen LogP) is 4.57. The Bertz CT molecular complexity index is 172. The third-order valence-corrected chi connectivity index (χ3v) is 5.25. The fourth-order valence-electron chi connectivity index (χ4n) is 1.28. The molecule has 0 aliphatic carbocycles. The van der Waals surface area contributed by atoms with Crippen LogP contribution in [0, 0.1) is 0 Å². The van der Waals surface area contributed by atoms with Gasteiger partial charge in [-0.25, -0.2) is 0 Å². The maximum atomic E-state index is 6.36. The highest BCUT2D eigenvalue weighted by Crippen LogP contribution is 2.59. The van der Waals surface area contributed by atoms with E-state index in [1.165, 1.54) is 31.4 Å². The van der Waals surface area contributed by atoms with Gasteiger partial charge in [0.1, 0.15) is 0 Å². The summed E-state index contributed by atoms with van der Waals surface area (Å²) in [6.45, 7) is 2.23. The lowest BCUT2D eigenvalue weighted by Crippen LogP contribution is -1.89. The molecule has 0 fully saturated rings. The fraction of sp³-hybridized carbons (Fsp3) is 0.600. The van der Waals surface area contributed by atoms with Gasteiger partial charge >= 0.3 is 0 Å². The standard InChI is InChI=1S/C10H17ClS/c1-2-3-4-5-8-12(11)9-6-7-10-12/h6-7,9-10H,2-5,8H2,1H3. The lowest BCUT2D eigenvalue weighted by atomic mass is 10.2.